The van der Waals surface area contributed by atoms with E-state index in [0.29, 0.717) is 5.49 Å². The van der Waals surface area contributed by atoms with Crippen LogP contribution in [0.4, 0.5) is 0 Å². The summed E-state index contributed by atoms with van der Waals surface area (Å²) in [4.78, 5) is 5.23. The minimum absolute atomic E-state index is 0.630. The summed E-state index contributed by atoms with van der Waals surface area (Å²) in [6.45, 7) is 5.46. The number of hydrogen-bond donors (Lipinski definition) is 1. The van der Waals surface area contributed by atoms with Gasteiger partial charge in [0, 0.05) is 6.20 Å². The third kappa shape index (κ3) is 1.66. The number of hydrogen-bond acceptors (Lipinski definition) is 3. The molecule has 64 valence electrons. The zero-order chi connectivity index (χ0) is 9.14. The predicted molar refractivity (Wildman–Crippen MR) is 55.6 cm³/mol. The summed E-state index contributed by atoms with van der Waals surface area (Å²) in [6.07, 6.45) is 3.14. The van der Waals surface area contributed by atoms with Gasteiger partial charge in [-0.15, -0.1) is 0 Å². The maximum atomic E-state index is 5.54. The molecule has 0 bridgehead atoms. The van der Waals surface area contributed by atoms with Gasteiger partial charge >= 0.3 is 0 Å². The second kappa shape index (κ2) is 3.70. The van der Waals surface area contributed by atoms with Crippen LogP contribution in [0.1, 0.15) is 5.56 Å². The van der Waals surface area contributed by atoms with Gasteiger partial charge in [-0.25, -0.2) is 4.99 Å². The van der Waals surface area contributed by atoms with E-state index in [-0.39, 0.29) is 0 Å². The summed E-state index contributed by atoms with van der Waals surface area (Å²) in [5, 5.41) is 3.91. The van der Waals surface area contributed by atoms with Crippen LogP contribution in [-0.2, 0) is 0 Å². The highest BCUT2D eigenvalue weighted by molar-refractivity contribution is 14.1. The highest BCUT2D eigenvalue weighted by Gasteiger charge is 1.99. The lowest BCUT2D eigenvalue weighted by molar-refractivity contribution is 0.732. The van der Waals surface area contributed by atoms with Crippen LogP contribution in [0, 0.1) is 10.5 Å². The molecule has 5 heteroatoms. The minimum Gasteiger partial charge on any atom is -0.321 e. The lowest BCUT2D eigenvalue weighted by Gasteiger charge is -2.01. The normalized spacial score (nSPS) is 11.7. The number of nitrogen functional groups attached to an aromatic ring is 1. The van der Waals surface area contributed by atoms with Crippen molar-refractivity contribution in [2.24, 2.45) is 4.99 Å². The van der Waals surface area contributed by atoms with Gasteiger partial charge in [0.25, 0.3) is 0 Å². The molecule has 0 aliphatic carbocycles. The number of rotatable bonds is 1. The van der Waals surface area contributed by atoms with Gasteiger partial charge < -0.3 is 5.84 Å². The zero-order valence-electron chi connectivity index (χ0n) is 6.66. The van der Waals surface area contributed by atoms with Crippen molar-refractivity contribution in [3.63, 3.8) is 0 Å². The van der Waals surface area contributed by atoms with E-state index in [0.717, 1.165) is 9.13 Å². The fourth-order valence-electron chi connectivity index (χ4n) is 0.739. The van der Waals surface area contributed by atoms with Gasteiger partial charge in [0.1, 0.15) is 0 Å². The Kier molecular flexibility index (Phi) is 2.85. The molecule has 1 aromatic heterocycles. The van der Waals surface area contributed by atoms with E-state index >= 15 is 0 Å². The Balaban J connectivity index is 3.54. The first-order chi connectivity index (χ1) is 5.66. The fraction of sp³-hybridized carbons (Fsp3) is 0.143. The van der Waals surface area contributed by atoms with Crippen LogP contribution in [-0.4, -0.2) is 9.89 Å². The summed E-state index contributed by atoms with van der Waals surface area (Å²) in [5.41, 5.74) is 1.68. The van der Waals surface area contributed by atoms with Crippen molar-refractivity contribution in [2.75, 3.05) is 5.84 Å². The van der Waals surface area contributed by atoms with Crippen molar-refractivity contribution < 1.29 is 0 Å². The van der Waals surface area contributed by atoms with Crippen LogP contribution in [0.25, 0.3) is 0 Å². The Morgan fingerprint density at radius 1 is 1.83 bits per heavy atom. The zero-order valence-corrected chi connectivity index (χ0v) is 8.82. The van der Waals surface area contributed by atoms with E-state index in [1.807, 2.05) is 6.92 Å². The molecule has 12 heavy (non-hydrogen) atoms. The minimum atomic E-state index is 0.630. The molecule has 0 amide bonds. The highest BCUT2D eigenvalue weighted by Crippen LogP contribution is 2.01. The Hall–Kier alpha value is -0.850. The Morgan fingerprint density at radius 3 is 3.08 bits per heavy atom. The lowest BCUT2D eigenvalue weighted by atomic mass is 10.3. The first-order valence-electron chi connectivity index (χ1n) is 3.31. The quantitative estimate of drug-likeness (QED) is 0.601. The third-order valence-electron chi connectivity index (χ3n) is 1.35. The van der Waals surface area contributed by atoms with Gasteiger partial charge in [0.05, 0.1) is 9.77 Å². The van der Waals surface area contributed by atoms with Crippen molar-refractivity contribution in [1.82, 2.24) is 9.89 Å². The van der Waals surface area contributed by atoms with E-state index in [4.69, 9.17) is 5.84 Å². The summed E-state index contributed by atoms with van der Waals surface area (Å²) >= 11 is 2.17. The van der Waals surface area contributed by atoms with Crippen LogP contribution in [0.5, 0.6) is 0 Å². The number of nitrogens with zero attached hydrogens (tertiary/aromatic N) is 3. The largest absolute Gasteiger partial charge is 0.321 e. The summed E-state index contributed by atoms with van der Waals surface area (Å²) in [5.74, 6) is 5.54. The van der Waals surface area contributed by atoms with E-state index < -0.39 is 0 Å². The lowest BCUT2D eigenvalue weighted by Crippen LogP contribution is -2.32. The average molecular weight is 276 g/mol. The topological polar surface area (TPSA) is 56.2 Å². The van der Waals surface area contributed by atoms with E-state index in [2.05, 4.69) is 39.3 Å². The molecule has 1 heterocycles. The maximum absolute atomic E-state index is 5.54. The SMILES string of the molecule is C=C/N=c1/c(I)c(C)cnn1N. The number of aromatic nitrogens is 2. The van der Waals surface area contributed by atoms with E-state index in [9.17, 15) is 0 Å². The van der Waals surface area contributed by atoms with Crippen LogP contribution in [0.3, 0.4) is 0 Å². The molecule has 4 nitrogen and oxygen atoms in total. The molecule has 0 aromatic carbocycles. The van der Waals surface area contributed by atoms with Gasteiger partial charge in [0.15, 0.2) is 5.49 Å². The summed E-state index contributed by atoms with van der Waals surface area (Å²) < 4.78 is 0.991. The smallest absolute Gasteiger partial charge is 0.185 e. The molecule has 0 aliphatic rings. The first-order valence-corrected chi connectivity index (χ1v) is 4.39. The van der Waals surface area contributed by atoms with Gasteiger partial charge in [-0.3, -0.25) is 0 Å². The second-order valence-corrected chi connectivity index (χ2v) is 3.30. The molecule has 0 atom stereocenters. The molecule has 0 spiro atoms. The van der Waals surface area contributed by atoms with Crippen LogP contribution in [0.15, 0.2) is 24.0 Å². The van der Waals surface area contributed by atoms with E-state index in [1.165, 1.54) is 11.0 Å². The highest BCUT2D eigenvalue weighted by atomic mass is 127. The molecule has 0 unspecified atom stereocenters. The maximum Gasteiger partial charge on any atom is 0.185 e. The van der Waals surface area contributed by atoms with Crippen molar-refractivity contribution in [3.05, 3.63) is 33.6 Å². The number of halogens is 1. The predicted octanol–water partition coefficient (Wildman–Crippen LogP) is 0.554. The van der Waals surface area contributed by atoms with Gasteiger partial charge in [0.2, 0.25) is 0 Å². The van der Waals surface area contributed by atoms with Crippen molar-refractivity contribution in [2.45, 2.75) is 6.92 Å². The molecule has 1 rings (SSSR count). The number of aryl methyl sites for hydroxylation is 1. The van der Waals surface area contributed by atoms with Crippen molar-refractivity contribution >= 4 is 22.6 Å². The van der Waals surface area contributed by atoms with Gasteiger partial charge in [-0.05, 0) is 35.1 Å². The van der Waals surface area contributed by atoms with Crippen LogP contribution in [0.2, 0.25) is 0 Å². The van der Waals surface area contributed by atoms with Crippen LogP contribution >= 0.6 is 22.6 Å². The summed E-state index contributed by atoms with van der Waals surface area (Å²) in [6, 6.07) is 0. The van der Waals surface area contributed by atoms with Crippen LogP contribution < -0.4 is 11.3 Å². The molecule has 0 saturated carbocycles. The Bertz CT molecular complexity index is 366. The monoisotopic (exact) mass is 276 g/mol. The molecular formula is C7H9IN4. The fourth-order valence-corrected chi connectivity index (χ4v) is 1.27. The summed E-state index contributed by atoms with van der Waals surface area (Å²) in [7, 11) is 0. The first kappa shape index (κ1) is 9.24. The molecule has 0 saturated heterocycles. The molecule has 0 aliphatic heterocycles. The van der Waals surface area contributed by atoms with Crippen molar-refractivity contribution in [3.8, 4) is 0 Å². The van der Waals surface area contributed by atoms with E-state index in [1.54, 1.807) is 6.20 Å². The Morgan fingerprint density at radius 2 is 2.50 bits per heavy atom. The molecule has 0 radical (unpaired) electrons. The standard InChI is InChI=1S/C7H9IN4/c1-3-10-7-6(8)5(2)4-11-12(7)9/h3-4H,1,9H2,2H3/b10-7-. The number of nitrogens with two attached hydrogens (primary N) is 1. The molecule has 0 fully saturated rings. The van der Waals surface area contributed by atoms with Crippen molar-refractivity contribution in [1.29, 1.82) is 0 Å². The molecule has 2 N–H and O–H groups in total. The second-order valence-electron chi connectivity index (χ2n) is 2.22. The van der Waals surface area contributed by atoms with Gasteiger partial charge in [-0.1, -0.05) is 6.58 Å². The Labute approximate surface area is 83.9 Å². The third-order valence-corrected chi connectivity index (χ3v) is 2.68. The molecule has 1 aromatic rings. The molecular weight excluding hydrogens is 267 g/mol. The average Bonchev–Trinajstić information content (AvgIpc) is 2.06. The van der Waals surface area contributed by atoms with Gasteiger partial charge in [-0.2, -0.15) is 9.89 Å².